The minimum atomic E-state index is -0.963. The fourth-order valence-corrected chi connectivity index (χ4v) is 1.33. The van der Waals surface area contributed by atoms with Crippen molar-refractivity contribution in [3.63, 3.8) is 0 Å². The molecule has 0 aliphatic heterocycles. The number of carboxylic acid groups (broad SMARTS) is 1. The Morgan fingerprint density at radius 1 is 1.40 bits per heavy atom. The van der Waals surface area contributed by atoms with E-state index in [9.17, 15) is 9.90 Å². The SMILES string of the molecule is CCC=CCc1cc(O)ccc1C(=O)O. The van der Waals surface area contributed by atoms with Gasteiger partial charge in [-0.1, -0.05) is 19.1 Å². The summed E-state index contributed by atoms with van der Waals surface area (Å²) in [6.07, 6.45) is 5.32. The van der Waals surface area contributed by atoms with Gasteiger partial charge in [0.25, 0.3) is 0 Å². The van der Waals surface area contributed by atoms with Crippen molar-refractivity contribution >= 4 is 5.97 Å². The first-order chi connectivity index (χ1) is 7.15. The number of hydrogen-bond acceptors (Lipinski definition) is 2. The molecule has 1 rings (SSSR count). The number of carboxylic acids is 1. The van der Waals surface area contributed by atoms with Crippen LogP contribution in [-0.2, 0) is 6.42 Å². The molecule has 0 saturated heterocycles. The van der Waals surface area contributed by atoms with Gasteiger partial charge in [0, 0.05) is 0 Å². The largest absolute Gasteiger partial charge is 0.508 e. The highest BCUT2D eigenvalue weighted by molar-refractivity contribution is 5.89. The van der Waals surface area contributed by atoms with Crippen LogP contribution in [0.5, 0.6) is 5.75 Å². The number of benzene rings is 1. The van der Waals surface area contributed by atoms with E-state index < -0.39 is 5.97 Å². The van der Waals surface area contributed by atoms with Gasteiger partial charge in [0.05, 0.1) is 5.56 Å². The van der Waals surface area contributed by atoms with E-state index in [0.29, 0.717) is 12.0 Å². The van der Waals surface area contributed by atoms with Crippen LogP contribution in [0.1, 0.15) is 29.3 Å². The number of phenolic OH excluding ortho intramolecular Hbond substituents is 1. The summed E-state index contributed by atoms with van der Waals surface area (Å²) in [6.45, 7) is 2.01. The van der Waals surface area contributed by atoms with Gasteiger partial charge in [-0.3, -0.25) is 0 Å². The molecular formula is C12H14O3. The molecular weight excluding hydrogens is 192 g/mol. The van der Waals surface area contributed by atoms with Gasteiger partial charge in [0.2, 0.25) is 0 Å². The second kappa shape index (κ2) is 5.20. The topological polar surface area (TPSA) is 57.5 Å². The van der Waals surface area contributed by atoms with Crippen molar-refractivity contribution in [1.29, 1.82) is 0 Å². The zero-order chi connectivity index (χ0) is 11.3. The van der Waals surface area contributed by atoms with Gasteiger partial charge >= 0.3 is 5.97 Å². The molecule has 0 spiro atoms. The van der Waals surface area contributed by atoms with Crippen molar-refractivity contribution in [1.82, 2.24) is 0 Å². The predicted octanol–water partition coefficient (Wildman–Crippen LogP) is 2.60. The first-order valence-corrected chi connectivity index (χ1v) is 4.85. The number of phenols is 1. The molecule has 1 aromatic rings. The van der Waals surface area contributed by atoms with Crippen LogP contribution in [0.15, 0.2) is 30.4 Å². The van der Waals surface area contributed by atoms with Crippen molar-refractivity contribution < 1.29 is 15.0 Å². The number of aromatic carboxylic acids is 1. The third kappa shape index (κ3) is 3.13. The van der Waals surface area contributed by atoms with Crippen LogP contribution in [0.25, 0.3) is 0 Å². The lowest BCUT2D eigenvalue weighted by Gasteiger charge is -2.03. The first kappa shape index (κ1) is 11.3. The Hall–Kier alpha value is -1.77. The summed E-state index contributed by atoms with van der Waals surface area (Å²) in [4.78, 5) is 10.9. The van der Waals surface area contributed by atoms with Gasteiger partial charge in [0.1, 0.15) is 5.75 Å². The van der Waals surface area contributed by atoms with Crippen LogP contribution in [0.4, 0.5) is 0 Å². The third-order valence-corrected chi connectivity index (χ3v) is 2.06. The van der Waals surface area contributed by atoms with E-state index in [-0.39, 0.29) is 11.3 Å². The van der Waals surface area contributed by atoms with E-state index in [4.69, 9.17) is 5.11 Å². The van der Waals surface area contributed by atoms with E-state index >= 15 is 0 Å². The molecule has 0 saturated carbocycles. The van der Waals surface area contributed by atoms with Crippen LogP contribution in [0, 0.1) is 0 Å². The standard InChI is InChI=1S/C12H14O3/c1-2-3-4-5-9-8-10(13)6-7-11(9)12(14)15/h3-4,6-8,13H,2,5H2,1H3,(H,14,15). The highest BCUT2D eigenvalue weighted by Crippen LogP contribution is 2.17. The third-order valence-electron chi connectivity index (χ3n) is 2.06. The molecule has 80 valence electrons. The fourth-order valence-electron chi connectivity index (χ4n) is 1.33. The lowest BCUT2D eigenvalue weighted by molar-refractivity contribution is 0.0696. The van der Waals surface area contributed by atoms with Gasteiger partial charge in [-0.2, -0.15) is 0 Å². The summed E-state index contributed by atoms with van der Waals surface area (Å²) in [7, 11) is 0. The van der Waals surface area contributed by atoms with Crippen molar-refractivity contribution in [3.8, 4) is 5.75 Å². The monoisotopic (exact) mass is 206 g/mol. The van der Waals surface area contributed by atoms with Crippen molar-refractivity contribution in [2.45, 2.75) is 19.8 Å². The van der Waals surface area contributed by atoms with Gasteiger partial charge in [0.15, 0.2) is 0 Å². The van der Waals surface area contributed by atoms with E-state index in [2.05, 4.69) is 0 Å². The molecule has 0 unspecified atom stereocenters. The molecule has 0 radical (unpaired) electrons. The zero-order valence-corrected chi connectivity index (χ0v) is 8.60. The second-order valence-electron chi connectivity index (χ2n) is 3.23. The predicted molar refractivity (Wildman–Crippen MR) is 58.2 cm³/mol. The van der Waals surface area contributed by atoms with Crippen LogP contribution in [0.2, 0.25) is 0 Å². The molecule has 0 aliphatic rings. The molecule has 3 nitrogen and oxygen atoms in total. The summed E-state index contributed by atoms with van der Waals surface area (Å²) in [5.74, 6) is -0.866. The Bertz CT molecular complexity index is 380. The Morgan fingerprint density at radius 3 is 2.73 bits per heavy atom. The highest BCUT2D eigenvalue weighted by atomic mass is 16.4. The number of carbonyl (C=O) groups is 1. The van der Waals surface area contributed by atoms with Crippen molar-refractivity contribution in [3.05, 3.63) is 41.5 Å². The van der Waals surface area contributed by atoms with E-state index in [1.165, 1.54) is 18.2 Å². The number of rotatable bonds is 4. The Kier molecular flexibility index (Phi) is 3.92. The van der Waals surface area contributed by atoms with E-state index in [1.54, 1.807) is 0 Å². The summed E-state index contributed by atoms with van der Waals surface area (Å²) in [5.41, 5.74) is 0.876. The Balaban J connectivity index is 2.97. The minimum Gasteiger partial charge on any atom is -0.508 e. The van der Waals surface area contributed by atoms with E-state index in [1.807, 2.05) is 19.1 Å². The quantitative estimate of drug-likeness (QED) is 0.744. The number of hydrogen-bond donors (Lipinski definition) is 2. The first-order valence-electron chi connectivity index (χ1n) is 4.85. The van der Waals surface area contributed by atoms with Gasteiger partial charge in [-0.15, -0.1) is 0 Å². The lowest BCUT2D eigenvalue weighted by atomic mass is 10.0. The van der Waals surface area contributed by atoms with Crippen LogP contribution < -0.4 is 0 Å². The highest BCUT2D eigenvalue weighted by Gasteiger charge is 2.08. The number of allylic oxidation sites excluding steroid dienone is 2. The average Bonchev–Trinajstić information content (AvgIpc) is 2.18. The fraction of sp³-hybridized carbons (Fsp3) is 0.250. The van der Waals surface area contributed by atoms with E-state index in [0.717, 1.165) is 6.42 Å². The zero-order valence-electron chi connectivity index (χ0n) is 8.60. The van der Waals surface area contributed by atoms with Crippen LogP contribution >= 0.6 is 0 Å². The summed E-state index contributed by atoms with van der Waals surface area (Å²) < 4.78 is 0. The maximum atomic E-state index is 10.9. The molecule has 15 heavy (non-hydrogen) atoms. The second-order valence-corrected chi connectivity index (χ2v) is 3.23. The maximum Gasteiger partial charge on any atom is 0.335 e. The molecule has 0 heterocycles. The smallest absolute Gasteiger partial charge is 0.335 e. The Labute approximate surface area is 88.7 Å². The molecule has 2 N–H and O–H groups in total. The summed E-state index contributed by atoms with van der Waals surface area (Å²) in [5, 5.41) is 18.2. The summed E-state index contributed by atoms with van der Waals surface area (Å²) in [6, 6.07) is 4.30. The van der Waals surface area contributed by atoms with Crippen LogP contribution in [0.3, 0.4) is 0 Å². The molecule has 3 heteroatoms. The van der Waals surface area contributed by atoms with Gasteiger partial charge in [-0.25, -0.2) is 4.79 Å². The molecule has 0 fully saturated rings. The van der Waals surface area contributed by atoms with Crippen molar-refractivity contribution in [2.75, 3.05) is 0 Å². The summed E-state index contributed by atoms with van der Waals surface area (Å²) >= 11 is 0. The normalized spacial score (nSPS) is 10.7. The molecule has 1 aromatic carbocycles. The van der Waals surface area contributed by atoms with Crippen LogP contribution in [-0.4, -0.2) is 16.2 Å². The average molecular weight is 206 g/mol. The molecule has 0 aliphatic carbocycles. The lowest BCUT2D eigenvalue weighted by Crippen LogP contribution is -2.01. The molecule has 0 atom stereocenters. The molecule has 0 aromatic heterocycles. The molecule has 0 bridgehead atoms. The minimum absolute atomic E-state index is 0.0971. The van der Waals surface area contributed by atoms with Gasteiger partial charge in [-0.05, 0) is 36.6 Å². The number of aromatic hydroxyl groups is 1. The maximum absolute atomic E-state index is 10.9. The van der Waals surface area contributed by atoms with Gasteiger partial charge < -0.3 is 10.2 Å². The van der Waals surface area contributed by atoms with Crippen molar-refractivity contribution in [2.24, 2.45) is 0 Å². The molecule has 0 amide bonds. The Morgan fingerprint density at radius 2 is 2.13 bits per heavy atom.